The van der Waals surface area contributed by atoms with Crippen LogP contribution in [0.4, 0.5) is 0 Å². The van der Waals surface area contributed by atoms with E-state index in [1.54, 1.807) is 0 Å². The Labute approximate surface area is 128 Å². The van der Waals surface area contributed by atoms with E-state index in [1.165, 1.54) is 57.4 Å². The third kappa shape index (κ3) is 3.41. The quantitative estimate of drug-likeness (QED) is 0.926. The molecule has 21 heavy (non-hydrogen) atoms. The summed E-state index contributed by atoms with van der Waals surface area (Å²) in [4.78, 5) is 5.26. The first-order valence-corrected chi connectivity index (χ1v) is 8.39. The van der Waals surface area contributed by atoms with Gasteiger partial charge in [0.1, 0.15) is 5.75 Å². The summed E-state index contributed by atoms with van der Waals surface area (Å²) in [6.45, 7) is 9.79. The molecule has 1 heterocycles. The minimum Gasteiger partial charge on any atom is -0.507 e. The topological polar surface area (TPSA) is 26.7 Å². The van der Waals surface area contributed by atoms with Gasteiger partial charge in [0.15, 0.2) is 0 Å². The summed E-state index contributed by atoms with van der Waals surface area (Å²) >= 11 is 0. The molecule has 0 atom stereocenters. The molecule has 3 rings (SSSR count). The van der Waals surface area contributed by atoms with Gasteiger partial charge in [-0.05, 0) is 43.4 Å². The fourth-order valence-electron chi connectivity index (χ4n) is 3.95. The average Bonchev–Trinajstić information content (AvgIpc) is 3.00. The number of rotatable bonds is 3. The molecule has 0 bridgehead atoms. The molecule has 0 spiro atoms. The number of aromatic hydroxyl groups is 1. The second kappa shape index (κ2) is 6.37. The lowest BCUT2D eigenvalue weighted by Crippen LogP contribution is -2.49. The molecule has 0 aromatic heterocycles. The van der Waals surface area contributed by atoms with Gasteiger partial charge >= 0.3 is 0 Å². The Balaban J connectivity index is 1.55. The van der Waals surface area contributed by atoms with E-state index in [1.807, 2.05) is 13.8 Å². The van der Waals surface area contributed by atoms with Crippen molar-refractivity contribution in [3.8, 4) is 5.75 Å². The maximum atomic E-state index is 9.87. The molecule has 1 aliphatic carbocycles. The zero-order valence-corrected chi connectivity index (χ0v) is 13.4. The Morgan fingerprint density at radius 1 is 1.00 bits per heavy atom. The Hall–Kier alpha value is -1.06. The van der Waals surface area contributed by atoms with Crippen LogP contribution in [-0.2, 0) is 6.54 Å². The molecule has 1 saturated heterocycles. The van der Waals surface area contributed by atoms with Crippen molar-refractivity contribution < 1.29 is 5.11 Å². The molecule has 2 aliphatic rings. The standard InChI is InChI=1S/C18H28N2O/c1-14-11-16(12-15(2)18(14)21)13-19-7-9-20(10-8-19)17-5-3-4-6-17/h11-12,17,21H,3-10,13H2,1-2H3. The number of benzene rings is 1. The van der Waals surface area contributed by atoms with Crippen LogP contribution in [0.5, 0.6) is 5.75 Å². The molecule has 1 saturated carbocycles. The Bertz CT molecular complexity index is 463. The third-order valence-electron chi connectivity index (χ3n) is 5.21. The fraction of sp³-hybridized carbons (Fsp3) is 0.667. The van der Waals surface area contributed by atoms with Gasteiger partial charge in [-0.25, -0.2) is 0 Å². The molecule has 3 nitrogen and oxygen atoms in total. The number of hydrogen-bond donors (Lipinski definition) is 1. The fourth-order valence-corrected chi connectivity index (χ4v) is 3.95. The van der Waals surface area contributed by atoms with Crippen molar-refractivity contribution in [2.75, 3.05) is 26.2 Å². The summed E-state index contributed by atoms with van der Waals surface area (Å²) in [6, 6.07) is 5.13. The van der Waals surface area contributed by atoms with E-state index >= 15 is 0 Å². The van der Waals surface area contributed by atoms with Gasteiger partial charge in [0.2, 0.25) is 0 Å². The lowest BCUT2D eigenvalue weighted by Gasteiger charge is -2.38. The van der Waals surface area contributed by atoms with E-state index in [0.29, 0.717) is 5.75 Å². The molecule has 0 unspecified atom stereocenters. The zero-order valence-electron chi connectivity index (χ0n) is 13.4. The number of aryl methyl sites for hydroxylation is 2. The van der Waals surface area contributed by atoms with Gasteiger partial charge in [0, 0.05) is 38.8 Å². The van der Waals surface area contributed by atoms with Crippen LogP contribution >= 0.6 is 0 Å². The SMILES string of the molecule is Cc1cc(CN2CCN(C3CCCC3)CC2)cc(C)c1O. The smallest absolute Gasteiger partial charge is 0.121 e. The molecule has 1 aromatic carbocycles. The van der Waals surface area contributed by atoms with Gasteiger partial charge in [0.25, 0.3) is 0 Å². The van der Waals surface area contributed by atoms with Gasteiger partial charge in [-0.15, -0.1) is 0 Å². The first kappa shape index (κ1) is 14.9. The summed E-state index contributed by atoms with van der Waals surface area (Å²) < 4.78 is 0. The van der Waals surface area contributed by atoms with E-state index < -0.39 is 0 Å². The zero-order chi connectivity index (χ0) is 14.8. The van der Waals surface area contributed by atoms with Crippen LogP contribution in [0.3, 0.4) is 0 Å². The molecule has 1 aromatic rings. The van der Waals surface area contributed by atoms with E-state index in [4.69, 9.17) is 0 Å². The van der Waals surface area contributed by atoms with Crippen molar-refractivity contribution in [2.45, 2.75) is 52.1 Å². The maximum Gasteiger partial charge on any atom is 0.121 e. The van der Waals surface area contributed by atoms with Crippen LogP contribution in [0.25, 0.3) is 0 Å². The summed E-state index contributed by atoms with van der Waals surface area (Å²) in [5.41, 5.74) is 3.32. The van der Waals surface area contributed by atoms with Crippen molar-refractivity contribution >= 4 is 0 Å². The highest BCUT2D eigenvalue weighted by atomic mass is 16.3. The second-order valence-electron chi connectivity index (χ2n) is 6.83. The van der Waals surface area contributed by atoms with Crippen LogP contribution in [0, 0.1) is 13.8 Å². The highest BCUT2D eigenvalue weighted by Crippen LogP contribution is 2.26. The Morgan fingerprint density at radius 2 is 1.57 bits per heavy atom. The van der Waals surface area contributed by atoms with Gasteiger partial charge < -0.3 is 5.11 Å². The number of phenolic OH excluding ortho intramolecular Hbond substituents is 1. The van der Waals surface area contributed by atoms with Gasteiger partial charge in [0.05, 0.1) is 0 Å². The highest BCUT2D eigenvalue weighted by Gasteiger charge is 2.26. The predicted molar refractivity (Wildman–Crippen MR) is 86.7 cm³/mol. The van der Waals surface area contributed by atoms with E-state index in [2.05, 4.69) is 21.9 Å². The normalized spacial score (nSPS) is 22.0. The van der Waals surface area contributed by atoms with E-state index in [-0.39, 0.29) is 0 Å². The lowest BCUT2D eigenvalue weighted by atomic mass is 10.0. The largest absolute Gasteiger partial charge is 0.507 e. The monoisotopic (exact) mass is 288 g/mol. The Kier molecular flexibility index (Phi) is 4.51. The minimum absolute atomic E-state index is 0.449. The van der Waals surface area contributed by atoms with E-state index in [0.717, 1.165) is 23.7 Å². The first-order valence-electron chi connectivity index (χ1n) is 8.39. The van der Waals surface area contributed by atoms with Crippen LogP contribution < -0.4 is 0 Å². The molecular formula is C18H28N2O. The van der Waals surface area contributed by atoms with Gasteiger partial charge in [-0.3, -0.25) is 9.80 Å². The maximum absolute atomic E-state index is 9.87. The van der Waals surface area contributed by atoms with Crippen molar-refractivity contribution in [2.24, 2.45) is 0 Å². The molecule has 3 heteroatoms. The van der Waals surface area contributed by atoms with Crippen molar-refractivity contribution in [1.82, 2.24) is 9.80 Å². The summed E-state index contributed by atoms with van der Waals surface area (Å²) in [6.07, 6.45) is 5.68. The molecule has 2 fully saturated rings. The van der Waals surface area contributed by atoms with Crippen LogP contribution in [0.1, 0.15) is 42.4 Å². The van der Waals surface area contributed by atoms with Crippen LogP contribution in [0.2, 0.25) is 0 Å². The first-order chi connectivity index (χ1) is 10.1. The third-order valence-corrected chi connectivity index (χ3v) is 5.21. The molecule has 1 aliphatic heterocycles. The molecule has 0 radical (unpaired) electrons. The predicted octanol–water partition coefficient (Wildman–Crippen LogP) is 3.07. The van der Waals surface area contributed by atoms with Crippen LogP contribution in [-0.4, -0.2) is 47.1 Å². The van der Waals surface area contributed by atoms with Gasteiger partial charge in [-0.2, -0.15) is 0 Å². The number of piperazine rings is 1. The van der Waals surface area contributed by atoms with Crippen molar-refractivity contribution in [3.63, 3.8) is 0 Å². The number of nitrogens with zero attached hydrogens (tertiary/aromatic N) is 2. The molecule has 116 valence electrons. The second-order valence-corrected chi connectivity index (χ2v) is 6.83. The van der Waals surface area contributed by atoms with Crippen LogP contribution in [0.15, 0.2) is 12.1 Å². The van der Waals surface area contributed by atoms with Crippen molar-refractivity contribution in [1.29, 1.82) is 0 Å². The molecule has 1 N–H and O–H groups in total. The minimum atomic E-state index is 0.449. The summed E-state index contributed by atoms with van der Waals surface area (Å²) in [5.74, 6) is 0.449. The Morgan fingerprint density at radius 3 is 2.14 bits per heavy atom. The molecule has 0 amide bonds. The van der Waals surface area contributed by atoms with Gasteiger partial charge in [-0.1, -0.05) is 25.0 Å². The lowest BCUT2D eigenvalue weighted by molar-refractivity contribution is 0.0937. The summed E-state index contributed by atoms with van der Waals surface area (Å²) in [7, 11) is 0. The number of hydrogen-bond acceptors (Lipinski definition) is 3. The average molecular weight is 288 g/mol. The van der Waals surface area contributed by atoms with Crippen molar-refractivity contribution in [3.05, 3.63) is 28.8 Å². The van der Waals surface area contributed by atoms with E-state index in [9.17, 15) is 5.11 Å². The number of phenols is 1. The highest BCUT2D eigenvalue weighted by molar-refractivity contribution is 5.42. The molecular weight excluding hydrogens is 260 g/mol. The summed E-state index contributed by atoms with van der Waals surface area (Å²) in [5, 5.41) is 9.87.